The molecule has 0 bridgehead atoms. The number of hydrogen-bond donors (Lipinski definition) is 2. The zero-order valence-corrected chi connectivity index (χ0v) is 17.8. The lowest BCUT2D eigenvalue weighted by atomic mass is 10.1. The maximum Gasteiger partial charge on any atom is 0.145 e. The van der Waals surface area contributed by atoms with Gasteiger partial charge in [0.25, 0.3) is 0 Å². The molecule has 6 nitrogen and oxygen atoms in total. The molecule has 0 radical (unpaired) electrons. The van der Waals surface area contributed by atoms with E-state index < -0.39 is 0 Å². The SMILES string of the molecule is Cc1ccc(Oc2ccc(Nc3ncnc4sc5c(c34)CCNCC5)cc2C)cn1. The number of anilines is 2. The summed E-state index contributed by atoms with van der Waals surface area (Å²) in [6.07, 6.45) is 5.45. The molecule has 0 saturated heterocycles. The van der Waals surface area contributed by atoms with E-state index in [1.54, 1.807) is 23.9 Å². The van der Waals surface area contributed by atoms with Gasteiger partial charge in [0.1, 0.15) is 28.5 Å². The van der Waals surface area contributed by atoms with Gasteiger partial charge in [-0.2, -0.15) is 0 Å². The van der Waals surface area contributed by atoms with Crippen LogP contribution in [0.2, 0.25) is 0 Å². The van der Waals surface area contributed by atoms with Gasteiger partial charge in [0.15, 0.2) is 0 Å². The quantitative estimate of drug-likeness (QED) is 0.491. The minimum atomic E-state index is 0.733. The molecular formula is C23H23N5OS. The Morgan fingerprint density at radius 2 is 1.93 bits per heavy atom. The second-order valence-electron chi connectivity index (χ2n) is 7.50. The lowest BCUT2D eigenvalue weighted by molar-refractivity contribution is 0.476. The van der Waals surface area contributed by atoms with Crippen molar-refractivity contribution in [2.75, 3.05) is 18.4 Å². The summed E-state index contributed by atoms with van der Waals surface area (Å²) in [5, 5.41) is 8.15. The average molecular weight is 418 g/mol. The van der Waals surface area contributed by atoms with Crippen LogP contribution < -0.4 is 15.4 Å². The number of thiophene rings is 1. The number of nitrogens with zero attached hydrogens (tertiary/aromatic N) is 3. The Balaban J connectivity index is 1.43. The number of fused-ring (bicyclic) bond motifs is 3. The summed E-state index contributed by atoms with van der Waals surface area (Å²) in [6.45, 7) is 6.02. The van der Waals surface area contributed by atoms with Crippen LogP contribution in [0.1, 0.15) is 21.7 Å². The van der Waals surface area contributed by atoms with Crippen molar-refractivity contribution in [1.29, 1.82) is 0 Å². The van der Waals surface area contributed by atoms with E-state index in [2.05, 4.69) is 31.7 Å². The van der Waals surface area contributed by atoms with E-state index in [-0.39, 0.29) is 0 Å². The van der Waals surface area contributed by atoms with Crippen LogP contribution >= 0.6 is 11.3 Å². The maximum atomic E-state index is 5.99. The number of rotatable bonds is 4. The van der Waals surface area contributed by atoms with E-state index in [1.807, 2.05) is 38.1 Å². The topological polar surface area (TPSA) is 72.0 Å². The van der Waals surface area contributed by atoms with Gasteiger partial charge >= 0.3 is 0 Å². The molecule has 0 spiro atoms. The Morgan fingerprint density at radius 1 is 1.03 bits per heavy atom. The van der Waals surface area contributed by atoms with Gasteiger partial charge in [-0.15, -0.1) is 11.3 Å². The number of aryl methyl sites for hydroxylation is 2. The van der Waals surface area contributed by atoms with Gasteiger partial charge in [-0.25, -0.2) is 9.97 Å². The first-order valence-corrected chi connectivity index (χ1v) is 10.9. The summed E-state index contributed by atoms with van der Waals surface area (Å²) >= 11 is 1.79. The fourth-order valence-electron chi connectivity index (χ4n) is 3.76. The third kappa shape index (κ3) is 3.74. The fraction of sp³-hybridized carbons (Fsp3) is 0.261. The Morgan fingerprint density at radius 3 is 2.77 bits per heavy atom. The third-order valence-corrected chi connectivity index (χ3v) is 6.50. The summed E-state index contributed by atoms with van der Waals surface area (Å²) in [5.74, 6) is 2.42. The predicted octanol–water partition coefficient (Wildman–Crippen LogP) is 4.93. The van der Waals surface area contributed by atoms with Crippen LogP contribution in [0.4, 0.5) is 11.5 Å². The first-order chi connectivity index (χ1) is 14.7. The lowest BCUT2D eigenvalue weighted by Gasteiger charge is -2.12. The van der Waals surface area contributed by atoms with Crippen LogP contribution in [0, 0.1) is 13.8 Å². The van der Waals surface area contributed by atoms with Gasteiger partial charge in [-0.3, -0.25) is 4.98 Å². The van der Waals surface area contributed by atoms with E-state index in [0.717, 1.165) is 70.4 Å². The molecule has 4 aromatic rings. The third-order valence-electron chi connectivity index (χ3n) is 5.30. The van der Waals surface area contributed by atoms with Crippen LogP contribution in [-0.2, 0) is 12.8 Å². The Labute approximate surface area is 179 Å². The van der Waals surface area contributed by atoms with Crippen molar-refractivity contribution >= 4 is 33.1 Å². The summed E-state index contributed by atoms with van der Waals surface area (Å²) in [7, 11) is 0. The summed E-state index contributed by atoms with van der Waals surface area (Å²) in [4.78, 5) is 15.9. The number of ether oxygens (including phenoxy) is 1. The lowest BCUT2D eigenvalue weighted by Crippen LogP contribution is -2.16. The Kier molecular flexibility index (Phi) is 5.06. The molecule has 152 valence electrons. The number of hydrogen-bond acceptors (Lipinski definition) is 7. The van der Waals surface area contributed by atoms with Crippen LogP contribution in [0.5, 0.6) is 11.5 Å². The second kappa shape index (κ2) is 8.01. The molecule has 3 aromatic heterocycles. The van der Waals surface area contributed by atoms with Crippen molar-refractivity contribution in [2.24, 2.45) is 0 Å². The molecule has 1 aliphatic heterocycles. The van der Waals surface area contributed by atoms with E-state index in [1.165, 1.54) is 10.4 Å². The van der Waals surface area contributed by atoms with E-state index in [4.69, 9.17) is 4.74 Å². The summed E-state index contributed by atoms with van der Waals surface area (Å²) in [5.41, 5.74) is 4.37. The molecular weight excluding hydrogens is 394 g/mol. The first-order valence-electron chi connectivity index (χ1n) is 10.1. The smallest absolute Gasteiger partial charge is 0.145 e. The van der Waals surface area contributed by atoms with Gasteiger partial charge in [-0.05, 0) is 81.2 Å². The molecule has 7 heteroatoms. The van der Waals surface area contributed by atoms with Crippen LogP contribution in [0.15, 0.2) is 42.9 Å². The molecule has 1 aliphatic rings. The van der Waals surface area contributed by atoms with Crippen molar-refractivity contribution in [3.8, 4) is 11.5 Å². The molecule has 0 saturated carbocycles. The number of benzene rings is 1. The molecule has 1 aromatic carbocycles. The summed E-state index contributed by atoms with van der Waals surface area (Å²) < 4.78 is 5.99. The zero-order valence-electron chi connectivity index (χ0n) is 17.0. The van der Waals surface area contributed by atoms with Gasteiger partial charge in [0.2, 0.25) is 0 Å². The molecule has 0 atom stereocenters. The van der Waals surface area contributed by atoms with E-state index >= 15 is 0 Å². The molecule has 2 N–H and O–H groups in total. The molecule has 0 amide bonds. The number of aromatic nitrogens is 3. The van der Waals surface area contributed by atoms with Gasteiger partial charge in [0.05, 0.1) is 11.6 Å². The molecule has 5 rings (SSSR count). The van der Waals surface area contributed by atoms with E-state index in [9.17, 15) is 0 Å². The molecule has 0 aliphatic carbocycles. The zero-order chi connectivity index (χ0) is 20.5. The van der Waals surface area contributed by atoms with Crippen molar-refractivity contribution in [3.63, 3.8) is 0 Å². The van der Waals surface area contributed by atoms with Crippen LogP contribution in [-0.4, -0.2) is 28.0 Å². The monoisotopic (exact) mass is 417 g/mol. The Hall–Kier alpha value is -3.03. The average Bonchev–Trinajstić information content (AvgIpc) is 2.94. The highest BCUT2D eigenvalue weighted by Gasteiger charge is 2.19. The van der Waals surface area contributed by atoms with Crippen molar-refractivity contribution in [1.82, 2.24) is 20.3 Å². The van der Waals surface area contributed by atoms with Crippen LogP contribution in [0.3, 0.4) is 0 Å². The van der Waals surface area contributed by atoms with Gasteiger partial charge in [0, 0.05) is 16.3 Å². The molecule has 0 unspecified atom stereocenters. The minimum Gasteiger partial charge on any atom is -0.455 e. The van der Waals surface area contributed by atoms with Crippen molar-refractivity contribution < 1.29 is 4.74 Å². The van der Waals surface area contributed by atoms with Gasteiger partial charge in [-0.1, -0.05) is 0 Å². The highest BCUT2D eigenvalue weighted by molar-refractivity contribution is 7.19. The normalized spacial score (nSPS) is 13.7. The minimum absolute atomic E-state index is 0.733. The van der Waals surface area contributed by atoms with Crippen LogP contribution in [0.25, 0.3) is 10.2 Å². The standard InChI is InChI=1S/C23H23N5OS/c1-14-11-16(4-6-19(14)29-17-5-3-15(2)25-12-17)28-22-21-18-7-9-24-10-8-20(18)30-23(21)27-13-26-22/h3-6,11-13,24H,7-10H2,1-2H3,(H,26,27,28). The molecule has 4 heterocycles. The van der Waals surface area contributed by atoms with Gasteiger partial charge < -0.3 is 15.4 Å². The fourth-order valence-corrected chi connectivity index (χ4v) is 4.94. The molecule has 0 fully saturated rings. The molecule has 30 heavy (non-hydrogen) atoms. The highest BCUT2D eigenvalue weighted by Crippen LogP contribution is 2.36. The van der Waals surface area contributed by atoms with Crippen molar-refractivity contribution in [3.05, 3.63) is 64.6 Å². The number of nitrogens with one attached hydrogen (secondary N) is 2. The van der Waals surface area contributed by atoms with Crippen molar-refractivity contribution in [2.45, 2.75) is 26.7 Å². The maximum absolute atomic E-state index is 5.99. The Bertz CT molecular complexity index is 1200. The number of pyridine rings is 1. The van der Waals surface area contributed by atoms with E-state index in [0.29, 0.717) is 0 Å². The highest BCUT2D eigenvalue weighted by atomic mass is 32.1. The first kappa shape index (κ1) is 19.0. The second-order valence-corrected chi connectivity index (χ2v) is 8.58. The summed E-state index contributed by atoms with van der Waals surface area (Å²) in [6, 6.07) is 9.96. The largest absolute Gasteiger partial charge is 0.455 e. The predicted molar refractivity (Wildman–Crippen MR) is 121 cm³/mol.